The minimum Gasteiger partial charge on any atom is -0.103 e. The van der Waals surface area contributed by atoms with Gasteiger partial charge in [0.15, 0.2) is 0 Å². The van der Waals surface area contributed by atoms with Gasteiger partial charge in [0.05, 0.1) is 0 Å². The van der Waals surface area contributed by atoms with E-state index in [4.69, 9.17) is 0 Å². The predicted octanol–water partition coefficient (Wildman–Crippen LogP) is 3.39. The summed E-state index contributed by atoms with van der Waals surface area (Å²) in [5.74, 6) is 0.870. The van der Waals surface area contributed by atoms with Crippen molar-refractivity contribution in [3.8, 4) is 0 Å². The first-order valence-electron chi connectivity index (χ1n) is 4.39. The standard InChI is InChI=1S/C10H18/c1-4-10(5-2)8-6-7-9(10)3/h4,9H,1,5-8H2,2-3H3/t9-,10?/m1/s1. The van der Waals surface area contributed by atoms with Crippen LogP contribution in [0.1, 0.15) is 39.5 Å². The summed E-state index contributed by atoms with van der Waals surface area (Å²) in [5.41, 5.74) is 0.500. The summed E-state index contributed by atoms with van der Waals surface area (Å²) in [5, 5.41) is 0. The van der Waals surface area contributed by atoms with Gasteiger partial charge in [-0.2, -0.15) is 0 Å². The second kappa shape index (κ2) is 2.77. The third kappa shape index (κ3) is 1.00. The first-order chi connectivity index (χ1) is 4.75. The maximum absolute atomic E-state index is 3.94. The van der Waals surface area contributed by atoms with Gasteiger partial charge in [-0.3, -0.25) is 0 Å². The van der Waals surface area contributed by atoms with Gasteiger partial charge in [0, 0.05) is 0 Å². The molecule has 0 bridgehead atoms. The molecule has 1 saturated carbocycles. The maximum atomic E-state index is 3.94. The van der Waals surface area contributed by atoms with Crippen LogP contribution in [-0.4, -0.2) is 0 Å². The normalized spacial score (nSPS) is 40.0. The van der Waals surface area contributed by atoms with Crippen LogP contribution in [0.5, 0.6) is 0 Å². The van der Waals surface area contributed by atoms with E-state index in [1.165, 1.54) is 25.7 Å². The van der Waals surface area contributed by atoms with Gasteiger partial charge >= 0.3 is 0 Å². The molecule has 0 aliphatic heterocycles. The number of allylic oxidation sites excluding steroid dienone is 1. The third-order valence-electron chi connectivity index (χ3n) is 3.33. The molecule has 1 aliphatic rings. The highest BCUT2D eigenvalue weighted by molar-refractivity contribution is 5.00. The molecule has 0 radical (unpaired) electrons. The van der Waals surface area contributed by atoms with E-state index in [0.717, 1.165) is 5.92 Å². The van der Waals surface area contributed by atoms with Gasteiger partial charge in [-0.15, -0.1) is 6.58 Å². The smallest absolute Gasteiger partial charge is 0.00979 e. The van der Waals surface area contributed by atoms with E-state index in [2.05, 4.69) is 26.5 Å². The molecule has 0 aromatic carbocycles. The Kier molecular flexibility index (Phi) is 2.18. The van der Waals surface area contributed by atoms with E-state index in [-0.39, 0.29) is 0 Å². The SMILES string of the molecule is C=CC1(CC)CCC[C@H]1C. The monoisotopic (exact) mass is 138 g/mol. The number of hydrogen-bond acceptors (Lipinski definition) is 0. The van der Waals surface area contributed by atoms with Gasteiger partial charge in [0.25, 0.3) is 0 Å². The lowest BCUT2D eigenvalue weighted by Crippen LogP contribution is -2.19. The minimum atomic E-state index is 0.500. The molecular weight excluding hydrogens is 120 g/mol. The summed E-state index contributed by atoms with van der Waals surface area (Å²) in [7, 11) is 0. The van der Waals surface area contributed by atoms with Crippen molar-refractivity contribution < 1.29 is 0 Å². The Hall–Kier alpha value is -0.260. The zero-order chi connectivity index (χ0) is 7.61. The molecular formula is C10H18. The lowest BCUT2D eigenvalue weighted by Gasteiger charge is -2.28. The molecule has 0 amide bonds. The molecule has 58 valence electrons. The summed E-state index contributed by atoms with van der Waals surface area (Å²) in [6.45, 7) is 8.58. The fourth-order valence-corrected chi connectivity index (χ4v) is 2.24. The van der Waals surface area contributed by atoms with E-state index in [0.29, 0.717) is 5.41 Å². The molecule has 10 heavy (non-hydrogen) atoms. The van der Waals surface area contributed by atoms with Crippen molar-refractivity contribution in [2.75, 3.05) is 0 Å². The molecule has 0 aromatic heterocycles. The van der Waals surface area contributed by atoms with Crippen LogP contribution in [0.4, 0.5) is 0 Å². The van der Waals surface area contributed by atoms with Crippen LogP contribution in [-0.2, 0) is 0 Å². The zero-order valence-corrected chi connectivity index (χ0v) is 7.19. The van der Waals surface area contributed by atoms with E-state index in [1.54, 1.807) is 0 Å². The Morgan fingerprint density at radius 3 is 2.60 bits per heavy atom. The van der Waals surface area contributed by atoms with Gasteiger partial charge in [-0.25, -0.2) is 0 Å². The molecule has 0 aromatic rings. The van der Waals surface area contributed by atoms with Crippen LogP contribution in [0, 0.1) is 11.3 Å². The van der Waals surface area contributed by atoms with Crippen LogP contribution in [0.2, 0.25) is 0 Å². The van der Waals surface area contributed by atoms with Crippen LogP contribution in [0.15, 0.2) is 12.7 Å². The van der Waals surface area contributed by atoms with Crippen molar-refractivity contribution >= 4 is 0 Å². The number of rotatable bonds is 2. The van der Waals surface area contributed by atoms with E-state index in [9.17, 15) is 0 Å². The molecule has 0 N–H and O–H groups in total. The highest BCUT2D eigenvalue weighted by Crippen LogP contribution is 2.46. The quantitative estimate of drug-likeness (QED) is 0.513. The van der Waals surface area contributed by atoms with Crippen LogP contribution < -0.4 is 0 Å². The summed E-state index contributed by atoms with van der Waals surface area (Å²) in [6, 6.07) is 0. The molecule has 2 atom stereocenters. The molecule has 0 heteroatoms. The largest absolute Gasteiger partial charge is 0.103 e. The second-order valence-electron chi connectivity index (χ2n) is 3.58. The molecule has 0 heterocycles. The average Bonchev–Trinajstić information content (AvgIpc) is 2.32. The van der Waals surface area contributed by atoms with Gasteiger partial charge in [0.2, 0.25) is 0 Å². The first-order valence-corrected chi connectivity index (χ1v) is 4.39. The molecule has 1 fully saturated rings. The highest BCUT2D eigenvalue weighted by Gasteiger charge is 2.35. The van der Waals surface area contributed by atoms with Gasteiger partial charge in [-0.05, 0) is 30.6 Å². The van der Waals surface area contributed by atoms with Crippen LogP contribution in [0.25, 0.3) is 0 Å². The Balaban J connectivity index is 2.70. The average molecular weight is 138 g/mol. The van der Waals surface area contributed by atoms with Gasteiger partial charge < -0.3 is 0 Å². The summed E-state index contributed by atoms with van der Waals surface area (Å²) < 4.78 is 0. The fraction of sp³-hybridized carbons (Fsp3) is 0.800. The van der Waals surface area contributed by atoms with Crippen LogP contribution in [0.3, 0.4) is 0 Å². The maximum Gasteiger partial charge on any atom is -0.00979 e. The Morgan fingerprint density at radius 1 is 1.70 bits per heavy atom. The van der Waals surface area contributed by atoms with Gasteiger partial charge in [-0.1, -0.05) is 26.3 Å². The van der Waals surface area contributed by atoms with Crippen molar-refractivity contribution in [1.29, 1.82) is 0 Å². The van der Waals surface area contributed by atoms with E-state index < -0.39 is 0 Å². The predicted molar refractivity (Wildman–Crippen MR) is 45.9 cm³/mol. The fourth-order valence-electron chi connectivity index (χ4n) is 2.24. The first kappa shape index (κ1) is 7.84. The lowest BCUT2D eigenvalue weighted by atomic mass is 9.77. The topological polar surface area (TPSA) is 0 Å². The molecule has 0 spiro atoms. The molecule has 1 unspecified atom stereocenters. The number of hydrogen-bond donors (Lipinski definition) is 0. The summed E-state index contributed by atoms with van der Waals surface area (Å²) in [6.07, 6.45) is 7.64. The Bertz CT molecular complexity index is 126. The van der Waals surface area contributed by atoms with Crippen LogP contribution >= 0.6 is 0 Å². The molecule has 0 nitrogen and oxygen atoms in total. The summed E-state index contributed by atoms with van der Waals surface area (Å²) in [4.78, 5) is 0. The molecule has 0 saturated heterocycles. The second-order valence-corrected chi connectivity index (χ2v) is 3.58. The van der Waals surface area contributed by atoms with E-state index in [1.807, 2.05) is 0 Å². The highest BCUT2D eigenvalue weighted by atomic mass is 14.4. The van der Waals surface area contributed by atoms with Crippen molar-refractivity contribution in [3.05, 3.63) is 12.7 Å². The third-order valence-corrected chi connectivity index (χ3v) is 3.33. The minimum absolute atomic E-state index is 0.500. The Morgan fingerprint density at radius 2 is 2.40 bits per heavy atom. The van der Waals surface area contributed by atoms with Crippen molar-refractivity contribution in [1.82, 2.24) is 0 Å². The van der Waals surface area contributed by atoms with E-state index >= 15 is 0 Å². The molecule has 1 aliphatic carbocycles. The van der Waals surface area contributed by atoms with Gasteiger partial charge in [0.1, 0.15) is 0 Å². The van der Waals surface area contributed by atoms with Crippen molar-refractivity contribution in [3.63, 3.8) is 0 Å². The molecule has 1 rings (SSSR count). The van der Waals surface area contributed by atoms with Crippen molar-refractivity contribution in [2.45, 2.75) is 39.5 Å². The summed E-state index contributed by atoms with van der Waals surface area (Å²) >= 11 is 0. The zero-order valence-electron chi connectivity index (χ0n) is 7.19. The van der Waals surface area contributed by atoms with Crippen molar-refractivity contribution in [2.24, 2.45) is 11.3 Å². The Labute approximate surface area is 64.3 Å². The lowest BCUT2D eigenvalue weighted by molar-refractivity contribution is 0.285.